The lowest BCUT2D eigenvalue weighted by molar-refractivity contribution is -0.148. The molecule has 1 aromatic rings. The van der Waals surface area contributed by atoms with Crippen LogP contribution >= 0.6 is 0 Å². The molecule has 0 aliphatic carbocycles. The number of carboxylic acid groups (broad SMARTS) is 1. The molecule has 0 bridgehead atoms. The monoisotopic (exact) mass is 278 g/mol. The Hall–Kier alpha value is -1.95. The molecule has 1 saturated heterocycles. The third kappa shape index (κ3) is 2.51. The first-order valence-electron chi connectivity index (χ1n) is 6.41. The van der Waals surface area contributed by atoms with Crippen molar-refractivity contribution >= 4 is 11.9 Å². The van der Waals surface area contributed by atoms with E-state index in [9.17, 15) is 14.7 Å². The third-order valence-electron chi connectivity index (χ3n) is 3.72. The number of nitrogens with zero attached hydrogens (tertiary/aromatic N) is 1. The van der Waals surface area contributed by atoms with E-state index in [-0.39, 0.29) is 19.1 Å². The van der Waals surface area contributed by atoms with Gasteiger partial charge in [-0.15, -0.1) is 0 Å². The van der Waals surface area contributed by atoms with E-state index in [1.54, 1.807) is 26.0 Å². The van der Waals surface area contributed by atoms with E-state index >= 15 is 0 Å². The predicted octanol–water partition coefficient (Wildman–Crippen LogP) is 0.918. The van der Waals surface area contributed by atoms with Gasteiger partial charge in [0.1, 0.15) is 5.41 Å². The largest absolute Gasteiger partial charge is 0.481 e. The Morgan fingerprint density at radius 1 is 1.45 bits per heavy atom. The molecule has 1 fully saturated rings. The van der Waals surface area contributed by atoms with Crippen LogP contribution in [0.2, 0.25) is 0 Å². The second-order valence-electron chi connectivity index (χ2n) is 5.35. The zero-order valence-corrected chi connectivity index (χ0v) is 11.8. The summed E-state index contributed by atoms with van der Waals surface area (Å²) in [5.41, 5.74) is 0.814. The van der Waals surface area contributed by atoms with Crippen LogP contribution in [0.5, 0.6) is 0 Å². The van der Waals surface area contributed by atoms with Crippen molar-refractivity contribution in [2.24, 2.45) is 5.41 Å². The summed E-state index contributed by atoms with van der Waals surface area (Å²) >= 11 is 0. The fourth-order valence-electron chi connectivity index (χ4n) is 2.25. The average molecular weight is 278 g/mol. The molecule has 20 heavy (non-hydrogen) atoms. The van der Waals surface area contributed by atoms with E-state index < -0.39 is 17.4 Å². The number of carbonyl (C=O) groups is 2. The highest BCUT2D eigenvalue weighted by Gasteiger charge is 2.47. The molecule has 6 nitrogen and oxygen atoms in total. The summed E-state index contributed by atoms with van der Waals surface area (Å²) in [6.07, 6.45) is 0. The lowest BCUT2D eigenvalue weighted by Gasteiger charge is -2.25. The Balaban J connectivity index is 2.17. The molecule has 1 amide bonds. The van der Waals surface area contributed by atoms with Crippen molar-refractivity contribution in [2.45, 2.75) is 26.8 Å². The summed E-state index contributed by atoms with van der Waals surface area (Å²) in [5.74, 6) is -1.29. The highest BCUT2D eigenvalue weighted by atomic mass is 16.5. The Labute approximate surface area is 117 Å². The Kier molecular flexibility index (Phi) is 3.76. The molecule has 2 rings (SSSR count). The number of aryl methyl sites for hydroxylation is 2. The molecule has 2 atom stereocenters. The van der Waals surface area contributed by atoms with E-state index in [0.29, 0.717) is 11.3 Å². The van der Waals surface area contributed by atoms with Crippen molar-refractivity contribution in [2.75, 3.05) is 13.2 Å². The summed E-state index contributed by atoms with van der Waals surface area (Å²) in [6, 6.07) is 2.90. The van der Waals surface area contributed by atoms with Crippen LogP contribution in [0.15, 0.2) is 12.1 Å². The van der Waals surface area contributed by atoms with Gasteiger partial charge in [0, 0.05) is 5.69 Å². The maximum atomic E-state index is 12.2. The first-order chi connectivity index (χ1) is 9.34. The van der Waals surface area contributed by atoms with Gasteiger partial charge in [-0.05, 0) is 32.9 Å². The van der Waals surface area contributed by atoms with Gasteiger partial charge in [-0.2, -0.15) is 0 Å². The molecule has 1 aliphatic rings. The number of carboxylic acids is 1. The van der Waals surface area contributed by atoms with E-state index in [1.165, 1.54) is 0 Å². The second-order valence-corrected chi connectivity index (χ2v) is 5.35. The van der Waals surface area contributed by atoms with Crippen LogP contribution in [0, 0.1) is 19.3 Å². The standard InChI is InChI=1S/C14H18N2O4/c1-8-4-5-10(9(2)15-8)12(17)16-11-6-20-7-14(11,3)13(18)19/h4-5,11H,6-7H2,1-3H3,(H,16,17)(H,18,19). The predicted molar refractivity (Wildman–Crippen MR) is 71.5 cm³/mol. The number of hydrogen-bond acceptors (Lipinski definition) is 4. The molecular formula is C14H18N2O4. The van der Waals surface area contributed by atoms with Crippen molar-refractivity contribution in [3.05, 3.63) is 29.1 Å². The minimum absolute atomic E-state index is 0.0956. The molecule has 2 unspecified atom stereocenters. The number of carbonyl (C=O) groups excluding carboxylic acids is 1. The number of aromatic nitrogens is 1. The van der Waals surface area contributed by atoms with E-state index in [2.05, 4.69) is 10.3 Å². The Morgan fingerprint density at radius 3 is 2.75 bits per heavy atom. The molecule has 1 aromatic heterocycles. The summed E-state index contributed by atoms with van der Waals surface area (Å²) in [7, 11) is 0. The van der Waals surface area contributed by atoms with Crippen LogP contribution in [-0.4, -0.2) is 41.2 Å². The maximum absolute atomic E-state index is 12.2. The smallest absolute Gasteiger partial charge is 0.313 e. The summed E-state index contributed by atoms with van der Waals surface area (Å²) in [6.45, 7) is 5.48. The molecule has 0 spiro atoms. The Bertz CT molecular complexity index is 558. The number of aliphatic carboxylic acids is 1. The number of nitrogens with one attached hydrogen (secondary N) is 1. The summed E-state index contributed by atoms with van der Waals surface area (Å²) in [4.78, 5) is 27.8. The van der Waals surface area contributed by atoms with Gasteiger partial charge in [-0.1, -0.05) is 0 Å². The van der Waals surface area contributed by atoms with Crippen molar-refractivity contribution in [3.63, 3.8) is 0 Å². The fourth-order valence-corrected chi connectivity index (χ4v) is 2.25. The van der Waals surface area contributed by atoms with E-state index in [1.807, 2.05) is 6.92 Å². The van der Waals surface area contributed by atoms with Crippen LogP contribution < -0.4 is 5.32 Å². The van der Waals surface area contributed by atoms with E-state index in [4.69, 9.17) is 4.74 Å². The maximum Gasteiger partial charge on any atom is 0.313 e. The van der Waals surface area contributed by atoms with Crippen LogP contribution in [0.1, 0.15) is 28.7 Å². The molecular weight excluding hydrogens is 260 g/mol. The molecule has 2 heterocycles. The van der Waals surface area contributed by atoms with Gasteiger partial charge in [0.05, 0.1) is 30.5 Å². The zero-order chi connectivity index (χ0) is 14.9. The first kappa shape index (κ1) is 14.5. The highest BCUT2D eigenvalue weighted by Crippen LogP contribution is 2.29. The van der Waals surface area contributed by atoms with Crippen LogP contribution in [-0.2, 0) is 9.53 Å². The number of amides is 1. The van der Waals surface area contributed by atoms with Crippen molar-refractivity contribution < 1.29 is 19.4 Å². The third-order valence-corrected chi connectivity index (χ3v) is 3.72. The van der Waals surface area contributed by atoms with E-state index in [0.717, 1.165) is 5.69 Å². The molecule has 1 aliphatic heterocycles. The molecule has 0 radical (unpaired) electrons. The molecule has 0 saturated carbocycles. The number of pyridine rings is 1. The molecule has 6 heteroatoms. The fraction of sp³-hybridized carbons (Fsp3) is 0.500. The minimum atomic E-state index is -1.10. The number of hydrogen-bond donors (Lipinski definition) is 2. The normalized spacial score (nSPS) is 25.4. The van der Waals surface area contributed by atoms with Crippen molar-refractivity contribution in [1.82, 2.24) is 10.3 Å². The lowest BCUT2D eigenvalue weighted by Crippen LogP contribution is -2.49. The quantitative estimate of drug-likeness (QED) is 0.858. The molecule has 0 aromatic carbocycles. The molecule has 108 valence electrons. The minimum Gasteiger partial charge on any atom is -0.481 e. The van der Waals surface area contributed by atoms with Crippen LogP contribution in [0.3, 0.4) is 0 Å². The Morgan fingerprint density at radius 2 is 2.15 bits per heavy atom. The number of rotatable bonds is 3. The SMILES string of the molecule is Cc1ccc(C(=O)NC2COCC2(C)C(=O)O)c(C)n1. The van der Waals surface area contributed by atoms with Gasteiger partial charge in [0.25, 0.3) is 5.91 Å². The van der Waals surface area contributed by atoms with Gasteiger partial charge < -0.3 is 15.2 Å². The second kappa shape index (κ2) is 5.20. The zero-order valence-electron chi connectivity index (χ0n) is 11.8. The highest BCUT2D eigenvalue weighted by molar-refractivity contribution is 5.95. The topological polar surface area (TPSA) is 88.5 Å². The van der Waals surface area contributed by atoms with Crippen LogP contribution in [0.25, 0.3) is 0 Å². The van der Waals surface area contributed by atoms with Gasteiger partial charge in [0.2, 0.25) is 0 Å². The van der Waals surface area contributed by atoms with Crippen LogP contribution in [0.4, 0.5) is 0 Å². The van der Waals surface area contributed by atoms with Gasteiger partial charge in [-0.3, -0.25) is 14.6 Å². The van der Waals surface area contributed by atoms with Gasteiger partial charge in [-0.25, -0.2) is 0 Å². The summed E-state index contributed by atoms with van der Waals surface area (Å²) < 4.78 is 5.21. The number of ether oxygens (including phenoxy) is 1. The average Bonchev–Trinajstić information content (AvgIpc) is 2.72. The van der Waals surface area contributed by atoms with Crippen molar-refractivity contribution in [3.8, 4) is 0 Å². The lowest BCUT2D eigenvalue weighted by atomic mass is 9.85. The van der Waals surface area contributed by atoms with Gasteiger partial charge in [0.15, 0.2) is 0 Å². The van der Waals surface area contributed by atoms with Gasteiger partial charge >= 0.3 is 5.97 Å². The van der Waals surface area contributed by atoms with Crippen molar-refractivity contribution in [1.29, 1.82) is 0 Å². The molecule has 2 N–H and O–H groups in total. The first-order valence-corrected chi connectivity index (χ1v) is 6.41. The summed E-state index contributed by atoms with van der Waals surface area (Å²) in [5, 5.41) is 12.0.